The van der Waals surface area contributed by atoms with E-state index in [2.05, 4.69) is 20.0 Å². The maximum absolute atomic E-state index is 12.9. The van der Waals surface area contributed by atoms with Crippen molar-refractivity contribution >= 4 is 5.91 Å². The van der Waals surface area contributed by atoms with E-state index < -0.39 is 11.7 Å². The Labute approximate surface area is 170 Å². The summed E-state index contributed by atoms with van der Waals surface area (Å²) in [5, 5.41) is 3.81. The average molecular weight is 417 g/mol. The lowest BCUT2D eigenvalue weighted by molar-refractivity contribution is -0.137. The molecule has 1 aliphatic heterocycles. The Morgan fingerprint density at radius 1 is 1.07 bits per heavy atom. The summed E-state index contributed by atoms with van der Waals surface area (Å²) < 4.78 is 43.9. The van der Waals surface area contributed by atoms with Gasteiger partial charge in [-0.2, -0.15) is 18.2 Å². The van der Waals surface area contributed by atoms with Crippen LogP contribution in [0.1, 0.15) is 21.8 Å². The van der Waals surface area contributed by atoms with Crippen LogP contribution in [0.2, 0.25) is 0 Å². The monoisotopic (exact) mass is 417 g/mol. The third kappa shape index (κ3) is 4.48. The van der Waals surface area contributed by atoms with Crippen molar-refractivity contribution in [3.63, 3.8) is 0 Å². The molecular weight excluding hydrogens is 399 g/mol. The molecule has 156 valence electrons. The number of pyridine rings is 1. The van der Waals surface area contributed by atoms with E-state index in [1.54, 1.807) is 29.4 Å². The molecule has 0 atom stereocenters. The topological polar surface area (TPSA) is 75.4 Å². The molecule has 0 aliphatic carbocycles. The maximum Gasteiger partial charge on any atom is 0.416 e. The minimum Gasteiger partial charge on any atom is -0.338 e. The summed E-state index contributed by atoms with van der Waals surface area (Å²) in [6, 6.07) is 8.18. The molecule has 1 amide bonds. The van der Waals surface area contributed by atoms with Crippen LogP contribution in [0.25, 0.3) is 11.4 Å². The summed E-state index contributed by atoms with van der Waals surface area (Å²) in [6.07, 6.45) is -1.27. The number of amides is 1. The molecule has 0 N–H and O–H groups in total. The first kappa shape index (κ1) is 20.0. The molecule has 10 heteroatoms. The van der Waals surface area contributed by atoms with Crippen molar-refractivity contribution in [3.8, 4) is 11.4 Å². The van der Waals surface area contributed by atoms with Crippen LogP contribution in [-0.2, 0) is 12.7 Å². The second kappa shape index (κ2) is 8.23. The molecule has 1 aromatic carbocycles. The second-order valence-electron chi connectivity index (χ2n) is 6.89. The number of rotatable bonds is 4. The van der Waals surface area contributed by atoms with Crippen LogP contribution in [-0.4, -0.2) is 57.0 Å². The van der Waals surface area contributed by atoms with Crippen molar-refractivity contribution in [1.29, 1.82) is 0 Å². The summed E-state index contributed by atoms with van der Waals surface area (Å²) in [5.41, 5.74) is 0.0787. The fraction of sp³-hybridized carbons (Fsp3) is 0.300. The molecule has 4 rings (SSSR count). The molecule has 7 nitrogen and oxygen atoms in total. The number of piperazine rings is 1. The van der Waals surface area contributed by atoms with E-state index in [0.717, 1.165) is 12.1 Å². The van der Waals surface area contributed by atoms with Gasteiger partial charge in [-0.15, -0.1) is 0 Å². The maximum atomic E-state index is 12.9. The number of alkyl halides is 3. The standard InChI is InChI=1S/C20H18F3N5O2/c21-20(22,23)16-3-1-2-15(12-16)18-25-17(30-26-18)13-27-8-10-28(11-9-27)19(29)14-4-6-24-7-5-14/h1-7,12H,8-11,13H2. The van der Waals surface area contributed by atoms with E-state index in [9.17, 15) is 18.0 Å². The molecule has 2 aromatic heterocycles. The molecule has 3 heterocycles. The lowest BCUT2D eigenvalue weighted by atomic mass is 10.1. The lowest BCUT2D eigenvalue weighted by Gasteiger charge is -2.33. The van der Waals surface area contributed by atoms with Gasteiger partial charge in [-0.1, -0.05) is 17.3 Å². The summed E-state index contributed by atoms with van der Waals surface area (Å²) in [7, 11) is 0. The molecule has 1 fully saturated rings. The SMILES string of the molecule is O=C(c1ccncc1)N1CCN(Cc2nc(-c3cccc(C(F)(F)F)c3)no2)CC1. The fourth-order valence-electron chi connectivity index (χ4n) is 3.25. The number of hydrogen-bond donors (Lipinski definition) is 0. The van der Waals surface area contributed by atoms with Crippen LogP contribution in [0.5, 0.6) is 0 Å². The number of carbonyl (C=O) groups is 1. The number of benzene rings is 1. The van der Waals surface area contributed by atoms with Crippen LogP contribution >= 0.6 is 0 Å². The van der Waals surface area contributed by atoms with Crippen molar-refractivity contribution in [2.24, 2.45) is 0 Å². The van der Waals surface area contributed by atoms with Gasteiger partial charge in [0.1, 0.15) is 0 Å². The zero-order valence-corrected chi connectivity index (χ0v) is 15.8. The molecule has 0 radical (unpaired) electrons. The Hall–Kier alpha value is -3.27. The Bertz CT molecular complexity index is 1010. The van der Waals surface area contributed by atoms with Crippen LogP contribution in [0.4, 0.5) is 13.2 Å². The molecule has 0 spiro atoms. The van der Waals surface area contributed by atoms with E-state index >= 15 is 0 Å². The second-order valence-corrected chi connectivity index (χ2v) is 6.89. The van der Waals surface area contributed by atoms with Gasteiger partial charge < -0.3 is 9.42 Å². The van der Waals surface area contributed by atoms with Gasteiger partial charge in [0.15, 0.2) is 0 Å². The first-order valence-electron chi connectivity index (χ1n) is 9.32. The zero-order chi connectivity index (χ0) is 21.1. The van der Waals surface area contributed by atoms with Crippen molar-refractivity contribution in [2.45, 2.75) is 12.7 Å². The molecule has 1 saturated heterocycles. The molecule has 0 bridgehead atoms. The average Bonchev–Trinajstić information content (AvgIpc) is 3.22. The highest BCUT2D eigenvalue weighted by Crippen LogP contribution is 2.31. The molecule has 0 saturated carbocycles. The van der Waals surface area contributed by atoms with Crippen molar-refractivity contribution in [3.05, 3.63) is 65.8 Å². The normalized spacial score (nSPS) is 15.4. The number of aromatic nitrogens is 3. The van der Waals surface area contributed by atoms with Gasteiger partial charge in [-0.05, 0) is 24.3 Å². The molecule has 1 aliphatic rings. The van der Waals surface area contributed by atoms with Crippen LogP contribution < -0.4 is 0 Å². The quantitative estimate of drug-likeness (QED) is 0.650. The third-order valence-corrected chi connectivity index (χ3v) is 4.86. The first-order chi connectivity index (χ1) is 14.4. The van der Waals surface area contributed by atoms with Gasteiger partial charge in [0.05, 0.1) is 12.1 Å². The van der Waals surface area contributed by atoms with E-state index in [1.807, 2.05) is 0 Å². The largest absolute Gasteiger partial charge is 0.416 e. The van der Waals surface area contributed by atoms with Crippen molar-refractivity contribution in [1.82, 2.24) is 24.9 Å². The van der Waals surface area contributed by atoms with Gasteiger partial charge in [0, 0.05) is 49.7 Å². The highest BCUT2D eigenvalue weighted by molar-refractivity contribution is 5.94. The fourth-order valence-corrected chi connectivity index (χ4v) is 3.25. The van der Waals surface area contributed by atoms with E-state index in [1.165, 1.54) is 12.1 Å². The van der Waals surface area contributed by atoms with Crippen LogP contribution in [0.3, 0.4) is 0 Å². The van der Waals surface area contributed by atoms with Crippen LogP contribution in [0.15, 0.2) is 53.3 Å². The minimum atomic E-state index is -4.43. The Morgan fingerprint density at radius 3 is 2.50 bits per heavy atom. The highest BCUT2D eigenvalue weighted by Gasteiger charge is 2.31. The molecule has 30 heavy (non-hydrogen) atoms. The summed E-state index contributed by atoms with van der Waals surface area (Å²) in [4.78, 5) is 24.4. The number of hydrogen-bond acceptors (Lipinski definition) is 6. The number of carbonyl (C=O) groups excluding carboxylic acids is 1. The third-order valence-electron chi connectivity index (χ3n) is 4.86. The lowest BCUT2D eigenvalue weighted by Crippen LogP contribution is -2.48. The van der Waals surface area contributed by atoms with Gasteiger partial charge in [0.2, 0.25) is 11.7 Å². The Morgan fingerprint density at radius 2 is 1.80 bits per heavy atom. The predicted octanol–water partition coefficient (Wildman–Crippen LogP) is 3.11. The first-order valence-corrected chi connectivity index (χ1v) is 9.32. The summed E-state index contributed by atoms with van der Waals surface area (Å²) >= 11 is 0. The van der Waals surface area contributed by atoms with E-state index in [-0.39, 0.29) is 17.3 Å². The van der Waals surface area contributed by atoms with Gasteiger partial charge in [0.25, 0.3) is 5.91 Å². The van der Waals surface area contributed by atoms with Crippen molar-refractivity contribution < 1.29 is 22.5 Å². The van der Waals surface area contributed by atoms with Crippen molar-refractivity contribution in [2.75, 3.05) is 26.2 Å². The number of halogens is 3. The summed E-state index contributed by atoms with van der Waals surface area (Å²) in [5.74, 6) is 0.389. The Balaban J connectivity index is 1.36. The predicted molar refractivity (Wildman–Crippen MR) is 100 cm³/mol. The molecular formula is C20H18F3N5O2. The minimum absolute atomic E-state index is 0.0401. The van der Waals surface area contributed by atoms with E-state index in [0.29, 0.717) is 44.2 Å². The van der Waals surface area contributed by atoms with Crippen LogP contribution in [0, 0.1) is 0 Å². The van der Waals surface area contributed by atoms with Gasteiger partial charge >= 0.3 is 6.18 Å². The van der Waals surface area contributed by atoms with Gasteiger partial charge in [-0.25, -0.2) is 0 Å². The highest BCUT2D eigenvalue weighted by atomic mass is 19.4. The van der Waals surface area contributed by atoms with E-state index in [4.69, 9.17) is 4.52 Å². The summed E-state index contributed by atoms with van der Waals surface area (Å²) in [6.45, 7) is 2.71. The Kier molecular flexibility index (Phi) is 5.49. The molecule has 3 aromatic rings. The van der Waals surface area contributed by atoms with Gasteiger partial charge in [-0.3, -0.25) is 14.7 Å². The number of nitrogens with zero attached hydrogens (tertiary/aromatic N) is 5. The zero-order valence-electron chi connectivity index (χ0n) is 15.8. The smallest absolute Gasteiger partial charge is 0.338 e. The molecule has 0 unspecified atom stereocenters.